The molecule has 3 aromatic rings. The SMILES string of the molecule is O=C(O)C[SH](=O)(c1ccccc1)N(Cc1ccccc1)c1cccc(O)c1. The van der Waals surface area contributed by atoms with E-state index in [2.05, 4.69) is 0 Å². The van der Waals surface area contributed by atoms with Gasteiger partial charge in [-0.15, -0.1) is 0 Å². The molecule has 0 atom stereocenters. The van der Waals surface area contributed by atoms with Gasteiger partial charge in [-0.25, -0.2) is 0 Å². The molecule has 0 bridgehead atoms. The number of nitrogens with zero attached hydrogens (tertiary/aromatic N) is 1. The van der Waals surface area contributed by atoms with Crippen molar-refractivity contribution in [2.75, 3.05) is 10.1 Å². The molecular formula is C21H21NO4S. The minimum Gasteiger partial charge on any atom is -0.508 e. The molecule has 0 aliphatic heterocycles. The second kappa shape index (κ2) is 8.05. The van der Waals surface area contributed by atoms with Crippen molar-refractivity contribution < 1.29 is 19.2 Å². The van der Waals surface area contributed by atoms with Gasteiger partial charge in [-0.1, -0.05) is 54.6 Å². The van der Waals surface area contributed by atoms with Gasteiger partial charge in [0.25, 0.3) is 0 Å². The third kappa shape index (κ3) is 4.35. The Morgan fingerprint density at radius 1 is 0.889 bits per heavy atom. The second-order valence-electron chi connectivity index (χ2n) is 6.15. The molecule has 0 aliphatic carbocycles. The molecule has 0 saturated carbocycles. The van der Waals surface area contributed by atoms with Gasteiger partial charge in [0.2, 0.25) is 0 Å². The van der Waals surface area contributed by atoms with Crippen molar-refractivity contribution in [1.82, 2.24) is 0 Å². The first kappa shape index (κ1) is 18.7. The lowest BCUT2D eigenvalue weighted by atomic mass is 10.2. The average Bonchev–Trinajstić information content (AvgIpc) is 2.67. The number of aromatic hydroxyl groups is 1. The molecule has 3 aromatic carbocycles. The van der Waals surface area contributed by atoms with Gasteiger partial charge in [-0.05, 0) is 39.9 Å². The molecule has 0 radical (unpaired) electrons. The fourth-order valence-electron chi connectivity index (χ4n) is 2.96. The van der Waals surface area contributed by atoms with Crippen LogP contribution < -0.4 is 4.31 Å². The maximum absolute atomic E-state index is 14.1. The predicted octanol–water partition coefficient (Wildman–Crippen LogP) is 3.47. The normalized spacial score (nSPS) is 11.7. The fraction of sp³-hybridized carbons (Fsp3) is 0.0952. The zero-order chi connectivity index (χ0) is 19.3. The first-order valence-corrected chi connectivity index (χ1v) is 10.3. The number of aliphatic carboxylic acids is 1. The molecule has 27 heavy (non-hydrogen) atoms. The second-order valence-corrected chi connectivity index (χ2v) is 8.87. The van der Waals surface area contributed by atoms with Gasteiger partial charge in [-0.3, -0.25) is 9.00 Å². The highest BCUT2D eigenvalue weighted by Gasteiger charge is 2.29. The molecule has 6 heteroatoms. The number of rotatable bonds is 7. The molecular weight excluding hydrogens is 362 g/mol. The van der Waals surface area contributed by atoms with E-state index in [9.17, 15) is 19.2 Å². The van der Waals surface area contributed by atoms with Crippen molar-refractivity contribution in [2.45, 2.75) is 11.4 Å². The van der Waals surface area contributed by atoms with Gasteiger partial charge in [0.05, 0.1) is 12.2 Å². The van der Waals surface area contributed by atoms with E-state index < -0.39 is 21.8 Å². The van der Waals surface area contributed by atoms with Crippen LogP contribution in [0.15, 0.2) is 89.8 Å². The minimum absolute atomic E-state index is 0.0282. The standard InChI is InChI=1S/C21H21NO4S/c23-19-11-7-10-18(14-19)22(15-17-8-3-1-4-9-17)27(26,16-21(24)25)20-12-5-2-6-13-20/h1-14,23,27H,15-16H2,(H,24,25). The molecule has 0 aliphatic rings. The number of carboxylic acid groups (broad SMARTS) is 1. The Balaban J connectivity index is 2.16. The highest BCUT2D eigenvalue weighted by Crippen LogP contribution is 2.33. The number of carboxylic acids is 1. The summed E-state index contributed by atoms with van der Waals surface area (Å²) in [7, 11) is -3.52. The summed E-state index contributed by atoms with van der Waals surface area (Å²) >= 11 is 0. The van der Waals surface area contributed by atoms with Gasteiger partial charge < -0.3 is 14.5 Å². The van der Waals surface area contributed by atoms with E-state index in [1.807, 2.05) is 30.3 Å². The third-order valence-electron chi connectivity index (χ3n) is 4.20. The maximum Gasteiger partial charge on any atom is 0.316 e. The van der Waals surface area contributed by atoms with E-state index in [0.29, 0.717) is 10.6 Å². The Morgan fingerprint density at radius 2 is 1.52 bits per heavy atom. The topological polar surface area (TPSA) is 77.8 Å². The van der Waals surface area contributed by atoms with Crippen LogP contribution in [0.4, 0.5) is 5.69 Å². The molecule has 140 valence electrons. The van der Waals surface area contributed by atoms with Crippen molar-refractivity contribution in [3.63, 3.8) is 0 Å². The van der Waals surface area contributed by atoms with Crippen molar-refractivity contribution >= 4 is 21.8 Å². The van der Waals surface area contributed by atoms with Crippen LogP contribution in [0.1, 0.15) is 5.56 Å². The number of thiol groups is 1. The van der Waals surface area contributed by atoms with Crippen LogP contribution >= 0.6 is 0 Å². The van der Waals surface area contributed by atoms with Crippen LogP contribution in [0, 0.1) is 0 Å². The number of hydrogen-bond donors (Lipinski definition) is 3. The van der Waals surface area contributed by atoms with E-state index in [4.69, 9.17) is 0 Å². The zero-order valence-corrected chi connectivity index (χ0v) is 15.5. The summed E-state index contributed by atoms with van der Waals surface area (Å²) in [5, 5.41) is 19.4. The van der Waals surface area contributed by atoms with Crippen LogP contribution in [-0.4, -0.2) is 26.1 Å². The molecule has 0 fully saturated rings. The largest absolute Gasteiger partial charge is 0.508 e. The van der Waals surface area contributed by atoms with Crippen molar-refractivity contribution in [2.24, 2.45) is 0 Å². The Kier molecular flexibility index (Phi) is 5.57. The van der Waals surface area contributed by atoms with Crippen LogP contribution in [-0.2, 0) is 21.5 Å². The first-order valence-electron chi connectivity index (χ1n) is 8.46. The molecule has 0 saturated heterocycles. The smallest absolute Gasteiger partial charge is 0.316 e. The van der Waals surface area contributed by atoms with E-state index in [-0.39, 0.29) is 12.3 Å². The van der Waals surface area contributed by atoms with E-state index in [1.165, 1.54) is 12.1 Å². The van der Waals surface area contributed by atoms with Crippen molar-refractivity contribution in [3.05, 3.63) is 90.5 Å². The van der Waals surface area contributed by atoms with Crippen LogP contribution in [0.25, 0.3) is 0 Å². The van der Waals surface area contributed by atoms with Gasteiger partial charge in [0.15, 0.2) is 0 Å². The molecule has 0 aromatic heterocycles. The van der Waals surface area contributed by atoms with Crippen molar-refractivity contribution in [1.29, 1.82) is 0 Å². The highest BCUT2D eigenvalue weighted by molar-refractivity contribution is 8.04. The van der Waals surface area contributed by atoms with Gasteiger partial charge in [-0.2, -0.15) is 0 Å². The van der Waals surface area contributed by atoms with Crippen LogP contribution in [0.5, 0.6) is 5.75 Å². The van der Waals surface area contributed by atoms with Gasteiger partial charge in [0, 0.05) is 11.0 Å². The lowest BCUT2D eigenvalue weighted by molar-refractivity contribution is -0.134. The lowest BCUT2D eigenvalue weighted by Crippen LogP contribution is -2.41. The predicted molar refractivity (Wildman–Crippen MR) is 107 cm³/mol. The molecule has 2 N–H and O–H groups in total. The lowest BCUT2D eigenvalue weighted by Gasteiger charge is -2.38. The number of anilines is 1. The molecule has 3 rings (SSSR count). The quantitative estimate of drug-likeness (QED) is 0.546. The highest BCUT2D eigenvalue weighted by atomic mass is 32.3. The summed E-state index contributed by atoms with van der Waals surface area (Å²) in [4.78, 5) is 12.1. The molecule has 0 unspecified atom stereocenters. The molecule has 0 heterocycles. The van der Waals surface area contributed by atoms with E-state index in [1.54, 1.807) is 46.8 Å². The summed E-state index contributed by atoms with van der Waals surface area (Å²) in [5.41, 5.74) is 1.40. The zero-order valence-electron chi connectivity index (χ0n) is 14.6. The molecule has 0 amide bonds. The number of phenols is 1. The van der Waals surface area contributed by atoms with Crippen molar-refractivity contribution in [3.8, 4) is 5.75 Å². The molecule has 5 nitrogen and oxygen atoms in total. The summed E-state index contributed by atoms with van der Waals surface area (Å²) in [5.74, 6) is -1.62. The average molecular weight is 383 g/mol. The number of hydrogen-bond acceptors (Lipinski definition) is 3. The summed E-state index contributed by atoms with van der Waals surface area (Å²) in [6, 6.07) is 24.5. The van der Waals surface area contributed by atoms with E-state index >= 15 is 0 Å². The summed E-state index contributed by atoms with van der Waals surface area (Å²) < 4.78 is 15.7. The summed E-state index contributed by atoms with van der Waals surface area (Å²) in [6.45, 7) is 0.254. The first-order chi connectivity index (χ1) is 13.0. The minimum atomic E-state index is -3.52. The number of phenolic OH excluding ortho intramolecular Hbond substituents is 1. The summed E-state index contributed by atoms with van der Waals surface area (Å²) in [6.07, 6.45) is 0. The number of carbonyl (C=O) groups is 1. The fourth-order valence-corrected chi connectivity index (χ4v) is 5.49. The van der Waals surface area contributed by atoms with Crippen LogP contribution in [0.2, 0.25) is 0 Å². The van der Waals surface area contributed by atoms with Gasteiger partial charge in [0.1, 0.15) is 11.5 Å². The third-order valence-corrected chi connectivity index (χ3v) is 7.16. The number of benzene rings is 3. The Morgan fingerprint density at radius 3 is 2.11 bits per heavy atom. The Hall–Kier alpha value is -3.12. The van der Waals surface area contributed by atoms with E-state index in [0.717, 1.165) is 5.56 Å². The van der Waals surface area contributed by atoms with Crippen LogP contribution in [0.3, 0.4) is 0 Å². The Labute approximate surface area is 159 Å². The van der Waals surface area contributed by atoms with Gasteiger partial charge >= 0.3 is 5.97 Å². The molecule has 0 spiro atoms. The monoisotopic (exact) mass is 383 g/mol. The Bertz CT molecular complexity index is 960. The maximum atomic E-state index is 14.1.